The van der Waals surface area contributed by atoms with Gasteiger partial charge in [0.1, 0.15) is 5.69 Å². The van der Waals surface area contributed by atoms with E-state index in [-0.39, 0.29) is 0 Å². The number of benzene rings is 2. The standard InChI is InChI=1S/C20H21NO4/c1-12-6-8-14(9-7-12)18-19(25-13(2)21-18)15-10-16(22-3)20(24-5)17(11-15)23-4/h6-11H,1-5H3. The number of aryl methyl sites for hydroxylation is 2. The van der Waals surface area contributed by atoms with Crippen LogP contribution in [0, 0.1) is 13.8 Å². The first-order valence-corrected chi connectivity index (χ1v) is 7.92. The van der Waals surface area contributed by atoms with E-state index in [1.165, 1.54) is 5.56 Å². The van der Waals surface area contributed by atoms with Gasteiger partial charge >= 0.3 is 0 Å². The van der Waals surface area contributed by atoms with E-state index >= 15 is 0 Å². The van der Waals surface area contributed by atoms with E-state index in [4.69, 9.17) is 18.6 Å². The van der Waals surface area contributed by atoms with Gasteiger partial charge in [-0.2, -0.15) is 0 Å². The fourth-order valence-electron chi connectivity index (χ4n) is 2.74. The molecule has 0 N–H and O–H groups in total. The van der Waals surface area contributed by atoms with E-state index in [9.17, 15) is 0 Å². The number of hydrogen-bond acceptors (Lipinski definition) is 5. The molecule has 130 valence electrons. The summed E-state index contributed by atoms with van der Waals surface area (Å²) < 4.78 is 22.2. The molecule has 1 heterocycles. The van der Waals surface area contributed by atoms with Crippen LogP contribution in [-0.2, 0) is 0 Å². The maximum Gasteiger partial charge on any atom is 0.203 e. The number of methoxy groups -OCH3 is 3. The lowest BCUT2D eigenvalue weighted by atomic mass is 10.0. The van der Waals surface area contributed by atoms with Gasteiger partial charge in [0, 0.05) is 18.1 Å². The van der Waals surface area contributed by atoms with E-state index in [1.807, 2.05) is 31.2 Å². The molecule has 0 aliphatic heterocycles. The van der Waals surface area contributed by atoms with Gasteiger partial charge in [-0.05, 0) is 19.1 Å². The summed E-state index contributed by atoms with van der Waals surface area (Å²) in [5, 5.41) is 0. The summed E-state index contributed by atoms with van der Waals surface area (Å²) in [6.45, 7) is 3.89. The molecule has 5 nitrogen and oxygen atoms in total. The number of ether oxygens (including phenoxy) is 3. The second-order valence-corrected chi connectivity index (χ2v) is 5.69. The number of oxazole rings is 1. The van der Waals surface area contributed by atoms with Crippen LogP contribution in [0.5, 0.6) is 17.2 Å². The van der Waals surface area contributed by atoms with Crippen LogP contribution in [0.15, 0.2) is 40.8 Å². The Bertz CT molecular complexity index is 856. The predicted molar refractivity (Wildman–Crippen MR) is 96.5 cm³/mol. The van der Waals surface area contributed by atoms with Crippen LogP contribution >= 0.6 is 0 Å². The van der Waals surface area contributed by atoms with Crippen molar-refractivity contribution in [3.8, 4) is 39.8 Å². The molecule has 0 amide bonds. The molecule has 0 aliphatic rings. The third-order valence-electron chi connectivity index (χ3n) is 3.99. The Morgan fingerprint density at radius 2 is 1.40 bits per heavy atom. The van der Waals surface area contributed by atoms with E-state index in [0.29, 0.717) is 28.9 Å². The minimum atomic E-state index is 0.543. The molecule has 0 saturated heterocycles. The molecule has 0 bridgehead atoms. The molecule has 0 radical (unpaired) electrons. The third kappa shape index (κ3) is 3.18. The van der Waals surface area contributed by atoms with Crippen molar-refractivity contribution in [2.75, 3.05) is 21.3 Å². The van der Waals surface area contributed by atoms with Crippen LogP contribution in [0.25, 0.3) is 22.6 Å². The highest BCUT2D eigenvalue weighted by molar-refractivity contribution is 5.79. The van der Waals surface area contributed by atoms with Crippen molar-refractivity contribution in [1.82, 2.24) is 4.98 Å². The Kier molecular flexibility index (Phi) is 4.65. The van der Waals surface area contributed by atoms with Crippen molar-refractivity contribution < 1.29 is 18.6 Å². The monoisotopic (exact) mass is 339 g/mol. The normalized spacial score (nSPS) is 10.6. The molecule has 0 aliphatic carbocycles. The fourth-order valence-corrected chi connectivity index (χ4v) is 2.74. The first kappa shape index (κ1) is 16.9. The molecule has 5 heteroatoms. The van der Waals surface area contributed by atoms with Gasteiger partial charge in [-0.15, -0.1) is 0 Å². The summed E-state index contributed by atoms with van der Waals surface area (Å²) in [7, 11) is 4.76. The second-order valence-electron chi connectivity index (χ2n) is 5.69. The van der Waals surface area contributed by atoms with Crippen LogP contribution in [0.1, 0.15) is 11.5 Å². The zero-order chi connectivity index (χ0) is 18.0. The largest absolute Gasteiger partial charge is 0.493 e. The summed E-state index contributed by atoms with van der Waals surface area (Å²) in [5.74, 6) is 2.95. The van der Waals surface area contributed by atoms with Crippen molar-refractivity contribution in [3.05, 3.63) is 47.9 Å². The summed E-state index contributed by atoms with van der Waals surface area (Å²) in [5.41, 5.74) is 3.78. The molecular weight excluding hydrogens is 318 g/mol. The van der Waals surface area contributed by atoms with Gasteiger partial charge in [0.25, 0.3) is 0 Å². The minimum absolute atomic E-state index is 0.543. The zero-order valence-corrected chi connectivity index (χ0v) is 15.0. The quantitative estimate of drug-likeness (QED) is 0.677. The van der Waals surface area contributed by atoms with Gasteiger partial charge in [0.2, 0.25) is 5.75 Å². The van der Waals surface area contributed by atoms with E-state index in [1.54, 1.807) is 21.3 Å². The molecule has 1 aromatic heterocycles. The van der Waals surface area contributed by atoms with Gasteiger partial charge < -0.3 is 18.6 Å². The first-order valence-electron chi connectivity index (χ1n) is 7.92. The van der Waals surface area contributed by atoms with Crippen molar-refractivity contribution >= 4 is 0 Å². The highest BCUT2D eigenvalue weighted by Gasteiger charge is 2.20. The summed E-state index contributed by atoms with van der Waals surface area (Å²) in [4.78, 5) is 4.56. The molecule has 0 saturated carbocycles. The van der Waals surface area contributed by atoms with Gasteiger partial charge in [-0.1, -0.05) is 29.8 Å². The molecule has 0 spiro atoms. The van der Waals surface area contributed by atoms with E-state index in [2.05, 4.69) is 24.0 Å². The molecule has 3 aromatic rings. The summed E-state index contributed by atoms with van der Waals surface area (Å²) >= 11 is 0. The molecule has 0 unspecified atom stereocenters. The highest BCUT2D eigenvalue weighted by atomic mass is 16.5. The van der Waals surface area contributed by atoms with Crippen molar-refractivity contribution in [3.63, 3.8) is 0 Å². The van der Waals surface area contributed by atoms with Crippen molar-refractivity contribution in [1.29, 1.82) is 0 Å². The molecule has 2 aromatic carbocycles. The minimum Gasteiger partial charge on any atom is -0.493 e. The topological polar surface area (TPSA) is 53.7 Å². The fraction of sp³-hybridized carbons (Fsp3) is 0.250. The molecule has 25 heavy (non-hydrogen) atoms. The summed E-state index contributed by atoms with van der Waals surface area (Å²) in [6, 6.07) is 11.9. The Morgan fingerprint density at radius 1 is 0.800 bits per heavy atom. The van der Waals surface area contributed by atoms with Crippen molar-refractivity contribution in [2.45, 2.75) is 13.8 Å². The molecule has 3 rings (SSSR count). The Hall–Kier alpha value is -2.95. The molecule has 0 fully saturated rings. The van der Waals surface area contributed by atoms with Crippen molar-refractivity contribution in [2.24, 2.45) is 0 Å². The lowest BCUT2D eigenvalue weighted by Gasteiger charge is -2.13. The Morgan fingerprint density at radius 3 is 1.92 bits per heavy atom. The molecule has 0 atom stereocenters. The lowest BCUT2D eigenvalue weighted by Crippen LogP contribution is -1.95. The number of rotatable bonds is 5. The predicted octanol–water partition coefficient (Wildman–Crippen LogP) is 4.65. The number of hydrogen-bond donors (Lipinski definition) is 0. The average molecular weight is 339 g/mol. The third-order valence-corrected chi connectivity index (χ3v) is 3.99. The maximum atomic E-state index is 5.89. The second kappa shape index (κ2) is 6.89. The Labute approximate surface area is 147 Å². The van der Waals surface area contributed by atoms with Crippen LogP contribution < -0.4 is 14.2 Å². The maximum absolute atomic E-state index is 5.89. The smallest absolute Gasteiger partial charge is 0.203 e. The SMILES string of the molecule is COc1cc(-c2oc(C)nc2-c2ccc(C)cc2)cc(OC)c1OC. The first-order chi connectivity index (χ1) is 12.1. The number of aromatic nitrogens is 1. The van der Waals surface area contributed by atoms with Gasteiger partial charge in [0.15, 0.2) is 23.1 Å². The van der Waals surface area contributed by atoms with Crippen LogP contribution in [0.2, 0.25) is 0 Å². The lowest BCUT2D eigenvalue weighted by molar-refractivity contribution is 0.324. The zero-order valence-electron chi connectivity index (χ0n) is 15.0. The summed E-state index contributed by atoms with van der Waals surface area (Å²) in [6.07, 6.45) is 0. The van der Waals surface area contributed by atoms with E-state index < -0.39 is 0 Å². The van der Waals surface area contributed by atoms with Gasteiger partial charge in [-0.25, -0.2) is 4.98 Å². The van der Waals surface area contributed by atoms with Gasteiger partial charge in [0.05, 0.1) is 21.3 Å². The average Bonchev–Trinajstić information content (AvgIpc) is 3.02. The highest BCUT2D eigenvalue weighted by Crippen LogP contribution is 2.43. The Balaban J connectivity index is 2.19. The van der Waals surface area contributed by atoms with Gasteiger partial charge in [-0.3, -0.25) is 0 Å². The molecular formula is C20H21NO4. The number of nitrogens with zero attached hydrogens (tertiary/aromatic N) is 1. The van der Waals surface area contributed by atoms with E-state index in [0.717, 1.165) is 16.8 Å². The van der Waals surface area contributed by atoms with Crippen LogP contribution in [0.3, 0.4) is 0 Å². The van der Waals surface area contributed by atoms with Crippen LogP contribution in [0.4, 0.5) is 0 Å². The van der Waals surface area contributed by atoms with Crippen LogP contribution in [-0.4, -0.2) is 26.3 Å².